The third-order valence-electron chi connectivity index (χ3n) is 3.45. The molecule has 5 unspecified atom stereocenters. The molecule has 0 spiro atoms. The Hall–Kier alpha value is -2.42. The molecule has 160 valence electrons. The molecule has 0 radical (unpaired) electrons. The normalized spacial score (nSPS) is 16.0. The van der Waals surface area contributed by atoms with E-state index in [0.717, 1.165) is 0 Å². The predicted octanol–water partition coefficient (Wildman–Crippen LogP) is -4.37. The minimum Gasteiger partial charge on any atom is -0.481 e. The first kappa shape index (κ1) is 25.6. The monoisotopic (exact) mass is 424 g/mol. The van der Waals surface area contributed by atoms with Gasteiger partial charge in [-0.2, -0.15) is 12.6 Å². The van der Waals surface area contributed by atoms with Crippen LogP contribution in [0.1, 0.15) is 13.3 Å². The Morgan fingerprint density at radius 2 is 1.39 bits per heavy atom. The van der Waals surface area contributed by atoms with Gasteiger partial charge in [0.15, 0.2) is 0 Å². The van der Waals surface area contributed by atoms with E-state index < -0.39 is 73.0 Å². The van der Waals surface area contributed by atoms with Crippen LogP contribution in [0, 0.1) is 0 Å². The molecule has 14 heteroatoms. The van der Waals surface area contributed by atoms with Crippen molar-refractivity contribution in [3.8, 4) is 0 Å². The van der Waals surface area contributed by atoms with Crippen LogP contribution in [0.3, 0.4) is 0 Å². The number of hydrogen-bond donors (Lipinski definition) is 9. The fourth-order valence-electron chi connectivity index (χ4n) is 1.80. The van der Waals surface area contributed by atoms with Gasteiger partial charge in [-0.05, 0) is 6.92 Å². The maximum atomic E-state index is 12.3. The number of aliphatic carboxylic acids is 2. The summed E-state index contributed by atoms with van der Waals surface area (Å²) in [5.41, 5.74) is 5.41. The average Bonchev–Trinajstić information content (AvgIpc) is 2.61. The maximum Gasteiger partial charge on any atom is 0.327 e. The lowest BCUT2D eigenvalue weighted by Gasteiger charge is -2.23. The van der Waals surface area contributed by atoms with Crippen LogP contribution in [0.2, 0.25) is 0 Å². The number of hydrogen-bond acceptors (Lipinski definition) is 9. The number of nitrogens with one attached hydrogen (secondary N) is 3. The summed E-state index contributed by atoms with van der Waals surface area (Å²) in [5.74, 6) is -6.32. The highest BCUT2D eigenvalue weighted by atomic mass is 32.1. The number of aliphatic hydroxyl groups is 2. The minimum absolute atomic E-state index is 0.262. The molecule has 9 N–H and O–H groups in total. The molecule has 0 aliphatic rings. The van der Waals surface area contributed by atoms with Gasteiger partial charge in [0.2, 0.25) is 17.7 Å². The molecular formula is C14H24N4O9S. The van der Waals surface area contributed by atoms with Crippen LogP contribution in [0.5, 0.6) is 0 Å². The fraction of sp³-hybridized carbons (Fsp3) is 0.643. The van der Waals surface area contributed by atoms with Crippen LogP contribution in [-0.4, -0.2) is 92.7 Å². The van der Waals surface area contributed by atoms with Crippen molar-refractivity contribution in [2.75, 3.05) is 12.4 Å². The van der Waals surface area contributed by atoms with E-state index in [4.69, 9.17) is 15.9 Å². The number of carboxylic acid groups (broad SMARTS) is 2. The average molecular weight is 424 g/mol. The Labute approximate surface area is 165 Å². The highest BCUT2D eigenvalue weighted by molar-refractivity contribution is 7.80. The van der Waals surface area contributed by atoms with Crippen molar-refractivity contribution in [2.45, 2.75) is 43.6 Å². The van der Waals surface area contributed by atoms with Crippen molar-refractivity contribution in [1.82, 2.24) is 16.0 Å². The van der Waals surface area contributed by atoms with Gasteiger partial charge < -0.3 is 42.1 Å². The number of carboxylic acids is 2. The highest BCUT2D eigenvalue weighted by Crippen LogP contribution is 1.99. The lowest BCUT2D eigenvalue weighted by molar-refractivity contribution is -0.143. The SMILES string of the molecule is CC(O)C(N)C(=O)NC(CC(=O)O)C(=O)NC(CO)C(=O)NC(CS)C(=O)O. The Morgan fingerprint density at radius 3 is 1.79 bits per heavy atom. The zero-order valence-electron chi connectivity index (χ0n) is 14.9. The van der Waals surface area contributed by atoms with Gasteiger partial charge in [-0.1, -0.05) is 0 Å². The number of nitrogens with two attached hydrogens (primary N) is 1. The van der Waals surface area contributed by atoms with E-state index in [-0.39, 0.29) is 5.75 Å². The van der Waals surface area contributed by atoms with Crippen LogP contribution in [0.15, 0.2) is 0 Å². The van der Waals surface area contributed by atoms with E-state index in [9.17, 15) is 34.2 Å². The molecule has 13 nitrogen and oxygen atoms in total. The molecule has 3 amide bonds. The van der Waals surface area contributed by atoms with Gasteiger partial charge in [-0.25, -0.2) is 4.79 Å². The van der Waals surface area contributed by atoms with Crippen molar-refractivity contribution < 1.29 is 44.4 Å². The third-order valence-corrected chi connectivity index (χ3v) is 3.81. The summed E-state index contributed by atoms with van der Waals surface area (Å²) in [7, 11) is 0. The molecular weight excluding hydrogens is 400 g/mol. The van der Waals surface area contributed by atoms with Gasteiger partial charge in [0.05, 0.1) is 19.1 Å². The van der Waals surface area contributed by atoms with Gasteiger partial charge >= 0.3 is 11.9 Å². The second-order valence-corrected chi connectivity index (χ2v) is 6.12. The quantitative estimate of drug-likeness (QED) is 0.137. The van der Waals surface area contributed by atoms with Crippen LogP contribution in [0.4, 0.5) is 0 Å². The molecule has 0 aromatic rings. The summed E-state index contributed by atoms with van der Waals surface area (Å²) in [5, 5.41) is 42.4. The van der Waals surface area contributed by atoms with Crippen LogP contribution < -0.4 is 21.7 Å². The molecule has 0 rings (SSSR count). The van der Waals surface area contributed by atoms with Gasteiger partial charge in [0, 0.05) is 5.75 Å². The van der Waals surface area contributed by atoms with E-state index in [1.54, 1.807) is 0 Å². The first-order chi connectivity index (χ1) is 12.9. The predicted molar refractivity (Wildman–Crippen MR) is 96.3 cm³/mol. The highest BCUT2D eigenvalue weighted by Gasteiger charge is 2.31. The summed E-state index contributed by atoms with van der Waals surface area (Å²) in [6.07, 6.45) is -2.16. The second kappa shape index (κ2) is 12.1. The van der Waals surface area contributed by atoms with Crippen molar-refractivity contribution >= 4 is 42.3 Å². The second-order valence-electron chi connectivity index (χ2n) is 5.75. The van der Waals surface area contributed by atoms with Gasteiger partial charge in [0.1, 0.15) is 24.2 Å². The zero-order valence-corrected chi connectivity index (χ0v) is 15.8. The molecule has 0 saturated carbocycles. The van der Waals surface area contributed by atoms with Crippen molar-refractivity contribution in [1.29, 1.82) is 0 Å². The molecule has 28 heavy (non-hydrogen) atoms. The summed E-state index contributed by atoms with van der Waals surface area (Å²) in [6.45, 7) is 0.278. The number of carbonyl (C=O) groups is 5. The van der Waals surface area contributed by atoms with Crippen molar-refractivity contribution in [3.05, 3.63) is 0 Å². The van der Waals surface area contributed by atoms with E-state index in [1.165, 1.54) is 6.92 Å². The van der Waals surface area contributed by atoms with Crippen LogP contribution in [0.25, 0.3) is 0 Å². The van der Waals surface area contributed by atoms with Crippen LogP contribution >= 0.6 is 12.6 Å². The standard InChI is InChI=1S/C14H24N4O9S/c1-5(20)10(15)13(25)16-6(2-9(21)22)11(23)17-7(3-19)12(24)18-8(4-28)14(26)27/h5-8,10,19-20,28H,2-4,15H2,1H3,(H,16,25)(H,17,23)(H,18,24)(H,21,22)(H,26,27). The lowest BCUT2D eigenvalue weighted by atomic mass is 10.1. The third kappa shape index (κ3) is 8.51. The molecule has 0 aliphatic heterocycles. The first-order valence-corrected chi connectivity index (χ1v) is 8.58. The summed E-state index contributed by atoms with van der Waals surface area (Å²) in [6, 6.07) is -6.11. The first-order valence-electron chi connectivity index (χ1n) is 7.95. The molecule has 0 aliphatic carbocycles. The number of amides is 3. The summed E-state index contributed by atoms with van der Waals surface area (Å²) in [4.78, 5) is 58.0. The Bertz CT molecular complexity index is 601. The van der Waals surface area contributed by atoms with E-state index in [2.05, 4.69) is 12.6 Å². The minimum atomic E-state index is -1.67. The smallest absolute Gasteiger partial charge is 0.327 e. The van der Waals surface area contributed by atoms with E-state index in [0.29, 0.717) is 0 Å². The Morgan fingerprint density at radius 1 is 0.929 bits per heavy atom. The number of aliphatic hydroxyl groups excluding tert-OH is 2. The Kier molecular flexibility index (Phi) is 11.1. The number of rotatable bonds is 12. The topological polar surface area (TPSA) is 228 Å². The molecule has 0 aromatic heterocycles. The lowest BCUT2D eigenvalue weighted by Crippen LogP contribution is -2.59. The largest absolute Gasteiger partial charge is 0.481 e. The van der Waals surface area contributed by atoms with E-state index in [1.807, 2.05) is 16.0 Å². The molecule has 5 atom stereocenters. The fourth-order valence-corrected chi connectivity index (χ4v) is 2.04. The Balaban J connectivity index is 5.19. The van der Waals surface area contributed by atoms with Gasteiger partial charge in [0.25, 0.3) is 0 Å². The maximum absolute atomic E-state index is 12.3. The number of carbonyl (C=O) groups excluding carboxylic acids is 3. The van der Waals surface area contributed by atoms with Crippen molar-refractivity contribution in [3.63, 3.8) is 0 Å². The molecule has 0 heterocycles. The van der Waals surface area contributed by atoms with E-state index >= 15 is 0 Å². The molecule has 0 saturated heterocycles. The van der Waals surface area contributed by atoms with Gasteiger partial charge in [-0.3, -0.25) is 19.2 Å². The molecule has 0 aromatic carbocycles. The van der Waals surface area contributed by atoms with Crippen LogP contribution in [-0.2, 0) is 24.0 Å². The summed E-state index contributed by atoms with van der Waals surface area (Å²) < 4.78 is 0. The number of thiol groups is 1. The summed E-state index contributed by atoms with van der Waals surface area (Å²) >= 11 is 3.75. The zero-order chi connectivity index (χ0) is 22.0. The van der Waals surface area contributed by atoms with Gasteiger partial charge in [-0.15, -0.1) is 0 Å². The molecule has 0 fully saturated rings. The van der Waals surface area contributed by atoms with Crippen molar-refractivity contribution in [2.24, 2.45) is 5.73 Å². The molecule has 0 bridgehead atoms.